The molecule has 0 saturated carbocycles. The van der Waals surface area contributed by atoms with Crippen LogP contribution in [-0.4, -0.2) is 28.0 Å². The fourth-order valence-electron chi connectivity index (χ4n) is 4.24. The van der Waals surface area contributed by atoms with Gasteiger partial charge in [-0.1, -0.05) is 72.8 Å². The van der Waals surface area contributed by atoms with E-state index in [9.17, 15) is 14.4 Å². The summed E-state index contributed by atoms with van der Waals surface area (Å²) >= 11 is 1.36. The Labute approximate surface area is 248 Å². The van der Waals surface area contributed by atoms with Gasteiger partial charge in [0.1, 0.15) is 11.5 Å². The Hall–Kier alpha value is -5.21. The normalized spacial score (nSPS) is 11.9. The third-order valence-corrected chi connectivity index (χ3v) is 7.44. The minimum Gasteiger partial charge on any atom is -0.321 e. The second kappa shape index (κ2) is 13.4. The van der Waals surface area contributed by atoms with Crippen LogP contribution in [0, 0.1) is 0 Å². The molecule has 7 nitrogen and oxygen atoms in total. The average Bonchev–Trinajstić information content (AvgIpc) is 3.02. The minimum absolute atomic E-state index is 0.0985. The molecule has 5 aromatic rings. The first-order valence-electron chi connectivity index (χ1n) is 13.3. The lowest BCUT2D eigenvalue weighted by atomic mass is 10.0. The molecule has 1 unspecified atom stereocenters. The molecule has 0 saturated heterocycles. The van der Waals surface area contributed by atoms with Gasteiger partial charge in [0.2, 0.25) is 5.91 Å². The van der Waals surface area contributed by atoms with Crippen molar-refractivity contribution >= 4 is 57.8 Å². The molecule has 3 amide bonds. The Kier molecular flexibility index (Phi) is 9.06. The number of carbonyl (C=O) groups is 3. The van der Waals surface area contributed by atoms with E-state index in [1.807, 2.05) is 54.6 Å². The molecule has 0 aliphatic heterocycles. The molecular weight excluding hydrogens is 544 g/mol. The Balaban J connectivity index is 1.36. The van der Waals surface area contributed by atoms with E-state index in [1.54, 1.807) is 79.9 Å². The molecule has 42 heavy (non-hydrogen) atoms. The number of thioether (sulfide) groups is 1. The van der Waals surface area contributed by atoms with Crippen molar-refractivity contribution in [3.63, 3.8) is 0 Å². The van der Waals surface area contributed by atoms with Gasteiger partial charge >= 0.3 is 0 Å². The van der Waals surface area contributed by atoms with Gasteiger partial charge in [0.25, 0.3) is 11.8 Å². The number of fused-ring (bicyclic) bond motifs is 1. The van der Waals surface area contributed by atoms with Crippen LogP contribution in [-0.2, 0) is 9.59 Å². The molecule has 8 heteroatoms. The minimum atomic E-state index is -0.477. The molecule has 208 valence electrons. The maximum Gasteiger partial charge on any atom is 0.272 e. The lowest BCUT2D eigenvalue weighted by Gasteiger charge is -2.14. The molecule has 1 aromatic heterocycles. The summed E-state index contributed by atoms with van der Waals surface area (Å²) in [6, 6.07) is 34.9. The van der Waals surface area contributed by atoms with E-state index in [0.29, 0.717) is 17.1 Å². The lowest BCUT2D eigenvalue weighted by molar-refractivity contribution is -0.115. The topological polar surface area (TPSA) is 100 Å². The highest BCUT2D eigenvalue weighted by atomic mass is 32.2. The second-order valence-corrected chi connectivity index (χ2v) is 10.8. The highest BCUT2D eigenvalue weighted by Gasteiger charge is 2.18. The number of rotatable bonds is 9. The molecule has 3 N–H and O–H groups in total. The maximum atomic E-state index is 13.6. The number of nitrogens with one attached hydrogen (secondary N) is 3. The second-order valence-electron chi connectivity index (χ2n) is 9.39. The number of anilines is 2. The Morgan fingerprint density at radius 2 is 1.52 bits per heavy atom. The molecular formula is C34H28N4O3S. The zero-order chi connectivity index (χ0) is 29.3. The Bertz CT molecular complexity index is 1750. The van der Waals surface area contributed by atoms with Crippen molar-refractivity contribution in [1.29, 1.82) is 0 Å². The largest absolute Gasteiger partial charge is 0.321 e. The van der Waals surface area contributed by atoms with Crippen molar-refractivity contribution in [1.82, 2.24) is 10.3 Å². The van der Waals surface area contributed by atoms with Gasteiger partial charge < -0.3 is 16.0 Å². The average molecular weight is 573 g/mol. The van der Waals surface area contributed by atoms with E-state index in [1.165, 1.54) is 11.8 Å². The maximum absolute atomic E-state index is 13.6. The van der Waals surface area contributed by atoms with Crippen LogP contribution in [0.15, 0.2) is 132 Å². The summed E-state index contributed by atoms with van der Waals surface area (Å²) in [5.74, 6) is -0.569. The van der Waals surface area contributed by atoms with Crippen LogP contribution in [0.2, 0.25) is 0 Å². The molecule has 0 aliphatic carbocycles. The van der Waals surface area contributed by atoms with Crippen molar-refractivity contribution in [2.24, 2.45) is 0 Å². The van der Waals surface area contributed by atoms with Crippen LogP contribution in [0.25, 0.3) is 16.8 Å². The fourth-order valence-corrected chi connectivity index (χ4v) is 5.17. The van der Waals surface area contributed by atoms with Gasteiger partial charge in [-0.15, -0.1) is 11.8 Å². The number of amides is 3. The van der Waals surface area contributed by atoms with Crippen molar-refractivity contribution in [3.8, 4) is 0 Å². The van der Waals surface area contributed by atoms with E-state index in [4.69, 9.17) is 0 Å². The van der Waals surface area contributed by atoms with Crippen molar-refractivity contribution in [3.05, 3.63) is 138 Å². The summed E-state index contributed by atoms with van der Waals surface area (Å²) in [5, 5.41) is 10.1. The van der Waals surface area contributed by atoms with Crippen LogP contribution in [0.3, 0.4) is 0 Å². The third kappa shape index (κ3) is 7.30. The van der Waals surface area contributed by atoms with Crippen molar-refractivity contribution in [2.45, 2.75) is 17.1 Å². The van der Waals surface area contributed by atoms with Gasteiger partial charge in [-0.2, -0.15) is 0 Å². The quantitative estimate of drug-likeness (QED) is 0.134. The van der Waals surface area contributed by atoms with Gasteiger partial charge in [-0.3, -0.25) is 14.4 Å². The third-order valence-electron chi connectivity index (χ3n) is 6.34. The molecule has 0 spiro atoms. The van der Waals surface area contributed by atoms with Crippen molar-refractivity contribution in [2.75, 3.05) is 10.6 Å². The first-order valence-corrected chi connectivity index (χ1v) is 14.2. The molecule has 5 rings (SSSR count). The standard InChI is InChI=1S/C34H28N4O3S/c1-23(32(39)38-31-19-7-8-20-35-31)42-28-17-10-16-27(22-28)36-34(41)30(37-33(40)25-12-3-2-4-13-25)21-26-15-9-14-24-11-5-6-18-29(24)26/h2-23H,1H3,(H,36,41)(H,37,40)(H,35,38,39)/b30-21+. The van der Waals surface area contributed by atoms with Gasteiger partial charge in [0.05, 0.1) is 5.25 Å². The van der Waals surface area contributed by atoms with Crippen molar-refractivity contribution < 1.29 is 14.4 Å². The number of nitrogens with zero attached hydrogens (tertiary/aromatic N) is 1. The van der Waals surface area contributed by atoms with Gasteiger partial charge in [-0.05, 0) is 71.8 Å². The number of carbonyl (C=O) groups excluding carboxylic acids is 3. The zero-order valence-corrected chi connectivity index (χ0v) is 23.6. The van der Waals surface area contributed by atoms with E-state index in [-0.39, 0.29) is 11.6 Å². The van der Waals surface area contributed by atoms with Crippen LogP contribution in [0.1, 0.15) is 22.8 Å². The van der Waals surface area contributed by atoms with Crippen LogP contribution in [0.4, 0.5) is 11.5 Å². The van der Waals surface area contributed by atoms with Crippen LogP contribution in [0.5, 0.6) is 0 Å². The summed E-state index contributed by atoms with van der Waals surface area (Å²) < 4.78 is 0. The predicted octanol–water partition coefficient (Wildman–Crippen LogP) is 6.76. The smallest absolute Gasteiger partial charge is 0.272 e. The van der Waals surface area contributed by atoms with E-state index < -0.39 is 17.1 Å². The number of benzene rings is 4. The van der Waals surface area contributed by atoms with E-state index in [2.05, 4.69) is 20.9 Å². The van der Waals surface area contributed by atoms with E-state index >= 15 is 0 Å². The molecule has 0 aliphatic rings. The van der Waals surface area contributed by atoms with E-state index in [0.717, 1.165) is 21.2 Å². The first kappa shape index (κ1) is 28.3. The summed E-state index contributed by atoms with van der Waals surface area (Å²) in [7, 11) is 0. The highest BCUT2D eigenvalue weighted by molar-refractivity contribution is 8.00. The SMILES string of the molecule is CC(Sc1cccc(NC(=O)/C(=C\c2cccc3ccccc23)NC(=O)c2ccccc2)c1)C(=O)Nc1ccccn1. The molecule has 0 radical (unpaired) electrons. The summed E-state index contributed by atoms with van der Waals surface area (Å²) in [4.78, 5) is 44.2. The highest BCUT2D eigenvalue weighted by Crippen LogP contribution is 2.27. The molecule has 1 atom stereocenters. The molecule has 0 bridgehead atoms. The number of hydrogen-bond donors (Lipinski definition) is 3. The molecule has 1 heterocycles. The van der Waals surface area contributed by atoms with Gasteiger partial charge in [0, 0.05) is 22.3 Å². The summed E-state index contributed by atoms with van der Waals surface area (Å²) in [5.41, 5.74) is 1.86. The van der Waals surface area contributed by atoms with Crippen LogP contribution >= 0.6 is 11.8 Å². The van der Waals surface area contributed by atoms with Crippen LogP contribution < -0.4 is 16.0 Å². The van der Waals surface area contributed by atoms with Gasteiger partial charge in [0.15, 0.2) is 0 Å². The molecule has 0 fully saturated rings. The predicted molar refractivity (Wildman–Crippen MR) is 169 cm³/mol. The monoisotopic (exact) mass is 572 g/mol. The molecule has 4 aromatic carbocycles. The number of hydrogen-bond acceptors (Lipinski definition) is 5. The Morgan fingerprint density at radius 3 is 2.33 bits per heavy atom. The fraction of sp³-hybridized carbons (Fsp3) is 0.0588. The number of pyridine rings is 1. The summed E-state index contributed by atoms with van der Waals surface area (Å²) in [6.07, 6.45) is 3.30. The zero-order valence-electron chi connectivity index (χ0n) is 22.8. The lowest BCUT2D eigenvalue weighted by Crippen LogP contribution is -2.30. The summed E-state index contributed by atoms with van der Waals surface area (Å²) in [6.45, 7) is 1.80. The first-order chi connectivity index (χ1) is 20.5. The Morgan fingerprint density at radius 1 is 0.786 bits per heavy atom. The number of aromatic nitrogens is 1. The van der Waals surface area contributed by atoms with Gasteiger partial charge in [-0.25, -0.2) is 4.98 Å².